The summed E-state index contributed by atoms with van der Waals surface area (Å²) < 4.78 is 0. The van der Waals surface area contributed by atoms with Gasteiger partial charge in [0.25, 0.3) is 0 Å². The highest BCUT2D eigenvalue weighted by Crippen LogP contribution is 2.22. The van der Waals surface area contributed by atoms with E-state index in [-0.39, 0.29) is 0 Å². The molecule has 94 valence electrons. The van der Waals surface area contributed by atoms with E-state index in [1.165, 1.54) is 16.7 Å². The second-order valence-corrected chi connectivity index (χ2v) is 5.12. The summed E-state index contributed by atoms with van der Waals surface area (Å²) in [4.78, 5) is 0. The van der Waals surface area contributed by atoms with Gasteiger partial charge in [0, 0.05) is 10.9 Å². The van der Waals surface area contributed by atoms with Crippen LogP contribution in [0.15, 0.2) is 48.5 Å². The molecule has 0 aliphatic heterocycles. The summed E-state index contributed by atoms with van der Waals surface area (Å²) in [7, 11) is 0. The Hall–Kier alpha value is -1.31. The summed E-state index contributed by atoms with van der Waals surface area (Å²) in [6, 6.07) is 16.6. The Labute approximate surface area is 114 Å². The first-order chi connectivity index (χ1) is 8.69. The molecule has 2 aromatic carbocycles. The first-order valence-corrected chi connectivity index (χ1v) is 6.58. The highest BCUT2D eigenvalue weighted by atomic mass is 35.5. The number of benzene rings is 2. The van der Waals surface area contributed by atoms with Crippen LogP contribution in [0.4, 0.5) is 0 Å². The van der Waals surface area contributed by atoms with Crippen molar-refractivity contribution in [1.29, 1.82) is 0 Å². The van der Waals surface area contributed by atoms with Crippen LogP contribution in [-0.2, 0) is 6.42 Å². The molecule has 0 aromatic heterocycles. The second kappa shape index (κ2) is 6.03. The lowest BCUT2D eigenvalue weighted by atomic mass is 9.91. The fourth-order valence-corrected chi connectivity index (χ4v) is 2.42. The number of hydrogen-bond donors (Lipinski definition) is 1. The van der Waals surface area contributed by atoms with Gasteiger partial charge >= 0.3 is 0 Å². The van der Waals surface area contributed by atoms with Gasteiger partial charge in [-0.3, -0.25) is 0 Å². The van der Waals surface area contributed by atoms with Gasteiger partial charge in [-0.15, -0.1) is 0 Å². The van der Waals surface area contributed by atoms with Crippen LogP contribution in [0.1, 0.15) is 22.6 Å². The van der Waals surface area contributed by atoms with Crippen molar-refractivity contribution in [1.82, 2.24) is 0 Å². The summed E-state index contributed by atoms with van der Waals surface area (Å²) in [6.07, 6.45) is 0.931. The smallest absolute Gasteiger partial charge is 0.0408 e. The highest BCUT2D eigenvalue weighted by molar-refractivity contribution is 6.30. The van der Waals surface area contributed by atoms with Crippen LogP contribution < -0.4 is 5.73 Å². The summed E-state index contributed by atoms with van der Waals surface area (Å²) in [6.45, 7) is 2.76. The van der Waals surface area contributed by atoms with Crippen molar-refractivity contribution in [2.75, 3.05) is 6.54 Å². The molecule has 0 amide bonds. The topological polar surface area (TPSA) is 26.0 Å². The zero-order valence-electron chi connectivity index (χ0n) is 10.6. The fourth-order valence-electron chi connectivity index (χ4n) is 2.21. The van der Waals surface area contributed by atoms with Crippen LogP contribution in [0.5, 0.6) is 0 Å². The molecule has 1 nitrogen and oxygen atoms in total. The molecule has 2 rings (SSSR count). The third kappa shape index (κ3) is 3.34. The van der Waals surface area contributed by atoms with E-state index in [0.29, 0.717) is 12.5 Å². The Morgan fingerprint density at radius 3 is 2.56 bits per heavy atom. The van der Waals surface area contributed by atoms with Crippen molar-refractivity contribution in [2.24, 2.45) is 5.73 Å². The Balaban J connectivity index is 2.19. The molecule has 18 heavy (non-hydrogen) atoms. The van der Waals surface area contributed by atoms with Gasteiger partial charge in [-0.2, -0.15) is 0 Å². The van der Waals surface area contributed by atoms with E-state index in [9.17, 15) is 0 Å². The van der Waals surface area contributed by atoms with E-state index in [1.807, 2.05) is 18.2 Å². The summed E-state index contributed by atoms with van der Waals surface area (Å²) in [5.74, 6) is 0.350. The Morgan fingerprint density at radius 1 is 1.11 bits per heavy atom. The molecule has 2 aromatic rings. The van der Waals surface area contributed by atoms with E-state index in [4.69, 9.17) is 17.3 Å². The molecule has 0 saturated heterocycles. The molecular formula is C16H18ClN. The summed E-state index contributed by atoms with van der Waals surface area (Å²) in [5, 5.41) is 0.785. The molecule has 0 radical (unpaired) electrons. The van der Waals surface area contributed by atoms with Crippen LogP contribution in [-0.4, -0.2) is 6.54 Å². The first-order valence-electron chi connectivity index (χ1n) is 6.20. The predicted octanol–water partition coefficient (Wildman–Crippen LogP) is 3.93. The molecule has 2 N–H and O–H groups in total. The quantitative estimate of drug-likeness (QED) is 0.885. The largest absolute Gasteiger partial charge is 0.330 e. The molecule has 1 atom stereocenters. The zero-order valence-corrected chi connectivity index (χ0v) is 11.3. The predicted molar refractivity (Wildman–Crippen MR) is 78.1 cm³/mol. The SMILES string of the molecule is Cc1cccc(C(CN)Cc2cccc(Cl)c2)c1. The summed E-state index contributed by atoms with van der Waals surface area (Å²) in [5.41, 5.74) is 9.72. The standard InChI is InChI=1S/C16H18ClN/c1-12-4-2-6-14(8-12)15(11-18)9-13-5-3-7-16(17)10-13/h2-8,10,15H,9,11,18H2,1H3. The van der Waals surface area contributed by atoms with Gasteiger partial charge in [0.2, 0.25) is 0 Å². The van der Waals surface area contributed by atoms with Crippen LogP contribution in [0, 0.1) is 6.92 Å². The monoisotopic (exact) mass is 259 g/mol. The molecule has 0 heterocycles. The van der Waals surface area contributed by atoms with Crippen molar-refractivity contribution in [3.63, 3.8) is 0 Å². The number of halogens is 1. The van der Waals surface area contributed by atoms with Crippen molar-refractivity contribution in [2.45, 2.75) is 19.3 Å². The van der Waals surface area contributed by atoms with Crippen molar-refractivity contribution >= 4 is 11.6 Å². The van der Waals surface area contributed by atoms with Crippen LogP contribution in [0.25, 0.3) is 0 Å². The van der Waals surface area contributed by atoms with Crippen molar-refractivity contribution in [3.8, 4) is 0 Å². The molecule has 0 bridgehead atoms. The van der Waals surface area contributed by atoms with Gasteiger partial charge < -0.3 is 5.73 Å². The average Bonchev–Trinajstić information content (AvgIpc) is 2.36. The van der Waals surface area contributed by atoms with E-state index in [2.05, 4.69) is 37.3 Å². The van der Waals surface area contributed by atoms with Gasteiger partial charge in [-0.05, 0) is 43.1 Å². The third-order valence-electron chi connectivity index (χ3n) is 3.17. The van der Waals surface area contributed by atoms with Crippen LogP contribution in [0.2, 0.25) is 5.02 Å². The van der Waals surface area contributed by atoms with Gasteiger partial charge in [0.1, 0.15) is 0 Å². The second-order valence-electron chi connectivity index (χ2n) is 4.68. The Kier molecular flexibility index (Phi) is 4.40. The molecule has 1 unspecified atom stereocenters. The highest BCUT2D eigenvalue weighted by Gasteiger charge is 2.10. The van der Waals surface area contributed by atoms with Crippen LogP contribution in [0.3, 0.4) is 0 Å². The number of rotatable bonds is 4. The fraction of sp³-hybridized carbons (Fsp3) is 0.250. The molecule has 0 fully saturated rings. The minimum atomic E-state index is 0.350. The van der Waals surface area contributed by atoms with Crippen LogP contribution >= 0.6 is 11.6 Å². The van der Waals surface area contributed by atoms with E-state index in [0.717, 1.165) is 11.4 Å². The Bertz CT molecular complexity index is 522. The third-order valence-corrected chi connectivity index (χ3v) is 3.40. The molecule has 0 aliphatic rings. The number of nitrogens with two attached hydrogens (primary N) is 1. The normalized spacial score (nSPS) is 12.4. The van der Waals surface area contributed by atoms with E-state index in [1.54, 1.807) is 0 Å². The maximum atomic E-state index is 6.01. The lowest BCUT2D eigenvalue weighted by Gasteiger charge is -2.16. The lowest BCUT2D eigenvalue weighted by Crippen LogP contribution is -2.15. The van der Waals surface area contributed by atoms with Gasteiger partial charge in [-0.1, -0.05) is 53.6 Å². The van der Waals surface area contributed by atoms with Gasteiger partial charge in [-0.25, -0.2) is 0 Å². The van der Waals surface area contributed by atoms with E-state index < -0.39 is 0 Å². The number of aryl methyl sites for hydroxylation is 1. The number of hydrogen-bond acceptors (Lipinski definition) is 1. The minimum absolute atomic E-state index is 0.350. The van der Waals surface area contributed by atoms with Gasteiger partial charge in [0.15, 0.2) is 0 Å². The zero-order chi connectivity index (χ0) is 13.0. The maximum Gasteiger partial charge on any atom is 0.0408 e. The molecule has 2 heteroatoms. The first kappa shape index (κ1) is 13.1. The molecular weight excluding hydrogens is 242 g/mol. The van der Waals surface area contributed by atoms with Crippen molar-refractivity contribution in [3.05, 3.63) is 70.2 Å². The summed E-state index contributed by atoms with van der Waals surface area (Å²) >= 11 is 6.01. The van der Waals surface area contributed by atoms with Gasteiger partial charge in [0.05, 0.1) is 0 Å². The maximum absolute atomic E-state index is 6.01. The van der Waals surface area contributed by atoms with Crippen molar-refractivity contribution < 1.29 is 0 Å². The molecule has 0 saturated carbocycles. The molecule has 0 spiro atoms. The Morgan fingerprint density at radius 2 is 1.89 bits per heavy atom. The lowest BCUT2D eigenvalue weighted by molar-refractivity contribution is 0.694. The molecule has 0 aliphatic carbocycles. The average molecular weight is 260 g/mol. The van der Waals surface area contributed by atoms with E-state index >= 15 is 0 Å². The minimum Gasteiger partial charge on any atom is -0.330 e.